The van der Waals surface area contributed by atoms with Crippen LogP contribution in [0.25, 0.3) is 33.3 Å². The van der Waals surface area contributed by atoms with E-state index < -0.39 is 17.7 Å². The maximum atomic E-state index is 14.4. The maximum absolute atomic E-state index is 14.4. The Hall–Kier alpha value is -3.26. The lowest BCUT2D eigenvalue weighted by atomic mass is 9.63. The Morgan fingerprint density at radius 1 is 1.24 bits per heavy atom. The van der Waals surface area contributed by atoms with Gasteiger partial charge >= 0.3 is 5.97 Å². The number of aliphatic imine (C=N–C) groups is 1. The van der Waals surface area contributed by atoms with Crippen molar-refractivity contribution >= 4 is 51.0 Å². The second kappa shape index (κ2) is 7.38. The van der Waals surface area contributed by atoms with E-state index in [9.17, 15) is 14.3 Å². The van der Waals surface area contributed by atoms with Gasteiger partial charge in [-0.2, -0.15) is 0 Å². The third-order valence-corrected chi connectivity index (χ3v) is 7.35. The van der Waals surface area contributed by atoms with Crippen molar-refractivity contribution in [3.63, 3.8) is 0 Å². The molecule has 0 saturated heterocycles. The molecule has 3 aromatic heterocycles. The predicted molar refractivity (Wildman–Crippen MR) is 124 cm³/mol. The molecule has 33 heavy (non-hydrogen) atoms. The Balaban J connectivity index is 1.57. The number of fused-ring (bicyclic) bond motifs is 5. The van der Waals surface area contributed by atoms with Gasteiger partial charge in [-0.1, -0.05) is 11.6 Å². The van der Waals surface area contributed by atoms with Crippen LogP contribution in [0.2, 0.25) is 5.02 Å². The minimum Gasteiger partial charge on any atom is -0.481 e. The molecule has 1 aromatic carbocycles. The second-order valence-corrected chi connectivity index (χ2v) is 9.45. The number of halogens is 2. The number of aromatic nitrogens is 4. The van der Waals surface area contributed by atoms with Crippen LogP contribution in [0, 0.1) is 23.6 Å². The highest BCUT2D eigenvalue weighted by atomic mass is 35.5. The molecule has 2 bridgehead atoms. The molecule has 3 saturated carbocycles. The smallest absolute Gasteiger partial charge is 0.312 e. The van der Waals surface area contributed by atoms with Gasteiger partial charge in [-0.3, -0.25) is 4.79 Å². The van der Waals surface area contributed by atoms with E-state index in [-0.39, 0.29) is 16.9 Å². The molecule has 0 unspecified atom stereocenters. The zero-order valence-corrected chi connectivity index (χ0v) is 18.6. The minimum absolute atomic E-state index is 0.123. The number of nitrogens with zero attached hydrogens (tertiary/aromatic N) is 4. The van der Waals surface area contributed by atoms with Crippen LogP contribution in [0.4, 0.5) is 10.2 Å². The van der Waals surface area contributed by atoms with Crippen molar-refractivity contribution in [3.8, 4) is 11.4 Å². The standard InChI is InChI=1S/C24H21ClFN5O2/c1-31-7-6-14-21(28-19-12-4-2-11(3-5-12)18(19)24(32)33)29-22(30-23(14)31)16-10-27-20-15(16)8-13(25)9-17(20)26/h6-12,18,27H,2-5H2,1H3,(H,32,33)/b28-19+/t11?,12?,18-/m1/s1. The number of rotatable bonds is 3. The largest absolute Gasteiger partial charge is 0.481 e. The summed E-state index contributed by atoms with van der Waals surface area (Å²) in [5, 5.41) is 11.5. The van der Waals surface area contributed by atoms with Crippen molar-refractivity contribution in [2.24, 2.45) is 29.8 Å². The molecule has 0 radical (unpaired) electrons. The first kappa shape index (κ1) is 20.4. The molecule has 0 spiro atoms. The molecule has 9 heteroatoms. The van der Waals surface area contributed by atoms with E-state index in [4.69, 9.17) is 26.6 Å². The monoisotopic (exact) mass is 465 g/mol. The van der Waals surface area contributed by atoms with E-state index in [2.05, 4.69) is 4.98 Å². The Labute approximate surface area is 193 Å². The lowest BCUT2D eigenvalue weighted by Gasteiger charge is -2.41. The van der Waals surface area contributed by atoms with Gasteiger partial charge in [0.15, 0.2) is 11.6 Å². The minimum atomic E-state index is -0.816. The molecule has 0 amide bonds. The van der Waals surface area contributed by atoms with Crippen LogP contribution in [0.5, 0.6) is 0 Å². The molecule has 1 atom stereocenters. The van der Waals surface area contributed by atoms with Crippen molar-refractivity contribution in [2.75, 3.05) is 0 Å². The molecule has 4 aromatic rings. The number of benzene rings is 1. The highest BCUT2D eigenvalue weighted by Gasteiger charge is 2.44. The van der Waals surface area contributed by atoms with E-state index in [0.29, 0.717) is 39.5 Å². The van der Waals surface area contributed by atoms with Gasteiger partial charge in [-0.05, 0) is 55.7 Å². The fraction of sp³-hybridized carbons (Fsp3) is 0.333. The van der Waals surface area contributed by atoms with Crippen LogP contribution >= 0.6 is 11.6 Å². The van der Waals surface area contributed by atoms with Gasteiger partial charge in [0, 0.05) is 41.1 Å². The number of carboxylic acid groups (broad SMARTS) is 1. The van der Waals surface area contributed by atoms with E-state index >= 15 is 0 Å². The molecule has 3 heterocycles. The number of H-pyrrole nitrogens is 1. The molecule has 3 aliphatic carbocycles. The summed E-state index contributed by atoms with van der Waals surface area (Å²) in [5.41, 5.74) is 2.32. The number of aliphatic carboxylic acids is 1. The van der Waals surface area contributed by atoms with Crippen LogP contribution in [-0.4, -0.2) is 36.3 Å². The van der Waals surface area contributed by atoms with Crippen molar-refractivity contribution in [1.82, 2.24) is 19.5 Å². The van der Waals surface area contributed by atoms with E-state index in [1.54, 1.807) is 12.3 Å². The summed E-state index contributed by atoms with van der Waals surface area (Å²) in [6.07, 6.45) is 7.32. The first-order chi connectivity index (χ1) is 15.9. The molecule has 0 aliphatic heterocycles. The first-order valence-electron chi connectivity index (χ1n) is 11.0. The van der Waals surface area contributed by atoms with Gasteiger partial charge in [0.2, 0.25) is 0 Å². The summed E-state index contributed by atoms with van der Waals surface area (Å²) in [4.78, 5) is 29.4. The summed E-state index contributed by atoms with van der Waals surface area (Å²) in [7, 11) is 1.88. The number of aryl methyl sites for hydroxylation is 1. The topological polar surface area (TPSA) is 96.2 Å². The number of nitrogens with one attached hydrogen (secondary N) is 1. The average Bonchev–Trinajstić information content (AvgIpc) is 3.38. The molecule has 7 rings (SSSR count). The highest BCUT2D eigenvalue weighted by molar-refractivity contribution is 6.31. The predicted octanol–water partition coefficient (Wildman–Crippen LogP) is 5.50. The molecular weight excluding hydrogens is 445 g/mol. The van der Waals surface area contributed by atoms with Crippen LogP contribution < -0.4 is 0 Å². The molecule has 2 N–H and O–H groups in total. The van der Waals surface area contributed by atoms with Crippen LogP contribution in [0.3, 0.4) is 0 Å². The third-order valence-electron chi connectivity index (χ3n) is 7.13. The molecule has 168 valence electrons. The number of aromatic amines is 1. The average molecular weight is 466 g/mol. The summed E-state index contributed by atoms with van der Waals surface area (Å²) in [5.74, 6) is -0.733. The first-order valence-corrected chi connectivity index (χ1v) is 11.4. The van der Waals surface area contributed by atoms with Crippen molar-refractivity contribution < 1.29 is 14.3 Å². The van der Waals surface area contributed by atoms with Crippen molar-refractivity contribution in [2.45, 2.75) is 25.7 Å². The quantitative estimate of drug-likeness (QED) is 0.417. The Kier molecular flexibility index (Phi) is 4.55. The van der Waals surface area contributed by atoms with Gasteiger partial charge in [-0.25, -0.2) is 19.4 Å². The van der Waals surface area contributed by atoms with Crippen LogP contribution in [0.1, 0.15) is 25.7 Å². The molecule has 3 aliphatic rings. The molecule has 3 fully saturated rings. The zero-order chi connectivity index (χ0) is 22.9. The normalized spacial score (nSPS) is 23.7. The maximum Gasteiger partial charge on any atom is 0.312 e. The number of hydrogen-bond donors (Lipinski definition) is 2. The number of carboxylic acids is 1. The Bertz CT molecular complexity index is 1460. The van der Waals surface area contributed by atoms with E-state index in [0.717, 1.165) is 31.1 Å². The van der Waals surface area contributed by atoms with Crippen LogP contribution in [0.15, 0.2) is 35.6 Å². The lowest BCUT2D eigenvalue weighted by Crippen LogP contribution is -2.44. The van der Waals surface area contributed by atoms with Gasteiger partial charge < -0.3 is 14.7 Å². The number of carbonyl (C=O) groups is 1. The van der Waals surface area contributed by atoms with Crippen molar-refractivity contribution in [1.29, 1.82) is 0 Å². The van der Waals surface area contributed by atoms with Crippen LogP contribution in [-0.2, 0) is 11.8 Å². The van der Waals surface area contributed by atoms with E-state index in [1.165, 1.54) is 6.07 Å². The van der Waals surface area contributed by atoms with Crippen molar-refractivity contribution in [3.05, 3.63) is 41.4 Å². The fourth-order valence-corrected chi connectivity index (χ4v) is 5.73. The summed E-state index contributed by atoms with van der Waals surface area (Å²) in [6.45, 7) is 0. The molecule has 7 nitrogen and oxygen atoms in total. The SMILES string of the molecule is Cn1ccc2c(/N=C3\C4CCC(CC4)[C@H]3C(=O)O)nc(-c3c[nH]c4c(F)cc(Cl)cc34)nc21. The fourth-order valence-electron chi connectivity index (χ4n) is 5.52. The summed E-state index contributed by atoms with van der Waals surface area (Å²) in [6, 6.07) is 4.82. The summed E-state index contributed by atoms with van der Waals surface area (Å²) < 4.78 is 16.3. The highest BCUT2D eigenvalue weighted by Crippen LogP contribution is 2.45. The second-order valence-electron chi connectivity index (χ2n) is 9.01. The zero-order valence-electron chi connectivity index (χ0n) is 17.8. The van der Waals surface area contributed by atoms with Gasteiger partial charge in [-0.15, -0.1) is 0 Å². The Morgan fingerprint density at radius 2 is 2.03 bits per heavy atom. The number of hydrogen-bond acceptors (Lipinski definition) is 4. The van der Waals surface area contributed by atoms with Gasteiger partial charge in [0.25, 0.3) is 0 Å². The van der Waals surface area contributed by atoms with Gasteiger partial charge in [0.1, 0.15) is 11.5 Å². The third kappa shape index (κ3) is 3.15. The summed E-state index contributed by atoms with van der Waals surface area (Å²) >= 11 is 6.11. The van der Waals surface area contributed by atoms with E-state index in [1.807, 2.05) is 23.9 Å². The lowest BCUT2D eigenvalue weighted by molar-refractivity contribution is -0.142. The van der Waals surface area contributed by atoms with Gasteiger partial charge in [0.05, 0.1) is 16.8 Å². The Morgan fingerprint density at radius 3 is 2.79 bits per heavy atom. The molecular formula is C24H21ClFN5O2.